The van der Waals surface area contributed by atoms with Crippen molar-refractivity contribution in [2.45, 2.75) is 32.2 Å². The number of nitrogens with one attached hydrogen (secondary N) is 1. The molecule has 22 heavy (non-hydrogen) atoms. The Morgan fingerprint density at radius 1 is 1.18 bits per heavy atom. The SMILES string of the molecule is COC(=O)CCCCCNC(=NCc1ccccc1)N(C)C. The summed E-state index contributed by atoms with van der Waals surface area (Å²) < 4.78 is 4.62. The topological polar surface area (TPSA) is 53.9 Å². The van der Waals surface area contributed by atoms with Crippen molar-refractivity contribution in [3.63, 3.8) is 0 Å². The molecule has 0 heterocycles. The molecule has 5 heteroatoms. The van der Waals surface area contributed by atoms with E-state index in [0.29, 0.717) is 13.0 Å². The van der Waals surface area contributed by atoms with Crippen LogP contribution in [0.25, 0.3) is 0 Å². The van der Waals surface area contributed by atoms with Crippen molar-refractivity contribution in [1.82, 2.24) is 10.2 Å². The van der Waals surface area contributed by atoms with Crippen molar-refractivity contribution >= 4 is 11.9 Å². The molecule has 0 aliphatic rings. The first-order valence-corrected chi connectivity index (χ1v) is 7.70. The van der Waals surface area contributed by atoms with E-state index in [1.54, 1.807) is 0 Å². The molecule has 0 atom stereocenters. The van der Waals surface area contributed by atoms with Gasteiger partial charge in [-0.25, -0.2) is 4.99 Å². The Labute approximate surface area is 133 Å². The molecule has 0 aliphatic heterocycles. The highest BCUT2D eigenvalue weighted by atomic mass is 16.5. The molecule has 0 fully saturated rings. The van der Waals surface area contributed by atoms with Gasteiger partial charge in [0.1, 0.15) is 0 Å². The van der Waals surface area contributed by atoms with Gasteiger partial charge in [0.15, 0.2) is 5.96 Å². The van der Waals surface area contributed by atoms with E-state index in [0.717, 1.165) is 31.8 Å². The van der Waals surface area contributed by atoms with Crippen LogP contribution < -0.4 is 5.32 Å². The van der Waals surface area contributed by atoms with Gasteiger partial charge >= 0.3 is 5.97 Å². The third-order valence-electron chi connectivity index (χ3n) is 3.25. The van der Waals surface area contributed by atoms with Gasteiger partial charge in [-0.2, -0.15) is 0 Å². The molecule has 5 nitrogen and oxygen atoms in total. The molecular weight excluding hydrogens is 278 g/mol. The monoisotopic (exact) mass is 305 g/mol. The van der Waals surface area contributed by atoms with Gasteiger partial charge < -0.3 is 15.0 Å². The number of rotatable bonds is 8. The fraction of sp³-hybridized carbons (Fsp3) is 0.529. The minimum absolute atomic E-state index is 0.133. The van der Waals surface area contributed by atoms with Crippen LogP contribution in [0.3, 0.4) is 0 Å². The number of nitrogens with zero attached hydrogens (tertiary/aromatic N) is 2. The van der Waals surface area contributed by atoms with Crippen LogP contribution >= 0.6 is 0 Å². The summed E-state index contributed by atoms with van der Waals surface area (Å²) >= 11 is 0. The van der Waals surface area contributed by atoms with Crippen LogP contribution in [0.1, 0.15) is 31.2 Å². The third kappa shape index (κ3) is 7.67. The lowest BCUT2D eigenvalue weighted by Gasteiger charge is -2.17. The first kappa shape index (κ1) is 18.0. The summed E-state index contributed by atoms with van der Waals surface area (Å²) in [4.78, 5) is 17.6. The average Bonchev–Trinajstić information content (AvgIpc) is 2.53. The molecule has 1 rings (SSSR count). The summed E-state index contributed by atoms with van der Waals surface area (Å²) in [6, 6.07) is 10.2. The molecule has 0 saturated heterocycles. The molecule has 1 N–H and O–H groups in total. The van der Waals surface area contributed by atoms with Gasteiger partial charge in [0.25, 0.3) is 0 Å². The van der Waals surface area contributed by atoms with Crippen molar-refractivity contribution in [3.05, 3.63) is 35.9 Å². The number of hydrogen-bond acceptors (Lipinski definition) is 3. The number of methoxy groups -OCH3 is 1. The molecule has 0 aliphatic carbocycles. The highest BCUT2D eigenvalue weighted by molar-refractivity contribution is 5.79. The highest BCUT2D eigenvalue weighted by Crippen LogP contribution is 2.02. The van der Waals surface area contributed by atoms with E-state index in [1.165, 1.54) is 12.7 Å². The maximum absolute atomic E-state index is 11.0. The lowest BCUT2D eigenvalue weighted by atomic mass is 10.2. The highest BCUT2D eigenvalue weighted by Gasteiger charge is 2.02. The smallest absolute Gasteiger partial charge is 0.305 e. The molecule has 0 amide bonds. The zero-order chi connectivity index (χ0) is 16.2. The van der Waals surface area contributed by atoms with Gasteiger partial charge in [0, 0.05) is 27.1 Å². The van der Waals surface area contributed by atoms with E-state index in [4.69, 9.17) is 0 Å². The Morgan fingerprint density at radius 2 is 1.91 bits per heavy atom. The first-order chi connectivity index (χ1) is 10.6. The summed E-state index contributed by atoms with van der Waals surface area (Å²) in [5, 5.41) is 3.35. The zero-order valence-corrected chi connectivity index (χ0v) is 13.8. The van der Waals surface area contributed by atoms with Crippen molar-refractivity contribution in [2.75, 3.05) is 27.7 Å². The fourth-order valence-corrected chi connectivity index (χ4v) is 1.98. The van der Waals surface area contributed by atoms with Crippen molar-refractivity contribution in [3.8, 4) is 0 Å². The Morgan fingerprint density at radius 3 is 2.55 bits per heavy atom. The van der Waals surface area contributed by atoms with Crippen molar-refractivity contribution < 1.29 is 9.53 Å². The van der Waals surface area contributed by atoms with E-state index in [-0.39, 0.29) is 5.97 Å². The quantitative estimate of drug-likeness (QED) is 0.347. The molecule has 0 spiro atoms. The Kier molecular flexibility index (Phi) is 8.72. The van der Waals surface area contributed by atoms with Crippen LogP contribution in [0.5, 0.6) is 0 Å². The van der Waals surface area contributed by atoms with E-state index in [2.05, 4.69) is 27.2 Å². The molecule has 0 aromatic heterocycles. The molecule has 0 unspecified atom stereocenters. The van der Waals surface area contributed by atoms with Crippen LogP contribution in [-0.2, 0) is 16.1 Å². The fourth-order valence-electron chi connectivity index (χ4n) is 1.98. The van der Waals surface area contributed by atoms with Crippen LogP contribution in [0.2, 0.25) is 0 Å². The second kappa shape index (κ2) is 10.7. The van der Waals surface area contributed by atoms with E-state index >= 15 is 0 Å². The van der Waals surface area contributed by atoms with E-state index < -0.39 is 0 Å². The van der Waals surface area contributed by atoms with E-state index in [1.807, 2.05) is 37.2 Å². The maximum atomic E-state index is 11.0. The molecule has 1 aromatic carbocycles. The maximum Gasteiger partial charge on any atom is 0.305 e. The standard InChI is InChI=1S/C17H27N3O2/c1-20(2)17(19-14-15-10-6-4-7-11-15)18-13-9-5-8-12-16(21)22-3/h4,6-7,10-11H,5,8-9,12-14H2,1-3H3,(H,18,19). The van der Waals surface area contributed by atoms with Crippen molar-refractivity contribution in [1.29, 1.82) is 0 Å². The summed E-state index contributed by atoms with van der Waals surface area (Å²) in [6.07, 6.45) is 3.38. The van der Waals surface area contributed by atoms with Gasteiger partial charge in [-0.15, -0.1) is 0 Å². The van der Waals surface area contributed by atoms with E-state index in [9.17, 15) is 4.79 Å². The zero-order valence-electron chi connectivity index (χ0n) is 13.8. The minimum Gasteiger partial charge on any atom is -0.469 e. The predicted octanol–water partition coefficient (Wildman–Crippen LogP) is 2.43. The Balaban J connectivity index is 2.28. The summed E-state index contributed by atoms with van der Waals surface area (Å²) in [5.74, 6) is 0.753. The largest absolute Gasteiger partial charge is 0.469 e. The summed E-state index contributed by atoms with van der Waals surface area (Å²) in [6.45, 7) is 1.52. The van der Waals surface area contributed by atoms with Crippen LogP contribution in [0, 0.1) is 0 Å². The van der Waals surface area contributed by atoms with Gasteiger partial charge in [-0.05, 0) is 18.4 Å². The number of carbonyl (C=O) groups excluding carboxylic acids is 1. The summed E-state index contributed by atoms with van der Waals surface area (Å²) in [7, 11) is 5.39. The van der Waals surface area contributed by atoms with Crippen LogP contribution in [-0.4, -0.2) is 44.6 Å². The molecule has 1 aromatic rings. The normalized spacial score (nSPS) is 11.1. The lowest BCUT2D eigenvalue weighted by Crippen LogP contribution is -2.37. The average molecular weight is 305 g/mol. The van der Waals surface area contributed by atoms with Crippen LogP contribution in [0.15, 0.2) is 35.3 Å². The molecule has 0 saturated carbocycles. The second-order valence-electron chi connectivity index (χ2n) is 5.33. The number of ether oxygens (including phenoxy) is 1. The molecule has 0 bridgehead atoms. The molecular formula is C17H27N3O2. The Hall–Kier alpha value is -2.04. The third-order valence-corrected chi connectivity index (χ3v) is 3.25. The summed E-state index contributed by atoms with van der Waals surface area (Å²) in [5.41, 5.74) is 1.20. The number of unbranched alkanes of at least 4 members (excludes halogenated alkanes) is 2. The van der Waals surface area contributed by atoms with Gasteiger partial charge in [-0.3, -0.25) is 4.79 Å². The lowest BCUT2D eigenvalue weighted by molar-refractivity contribution is -0.140. The van der Waals surface area contributed by atoms with Crippen LogP contribution in [0.4, 0.5) is 0 Å². The molecule has 122 valence electrons. The minimum atomic E-state index is -0.133. The van der Waals surface area contributed by atoms with Crippen molar-refractivity contribution in [2.24, 2.45) is 4.99 Å². The number of carbonyl (C=O) groups is 1. The molecule has 0 radical (unpaired) electrons. The number of aliphatic imine (C=N–C) groups is 1. The number of esters is 1. The first-order valence-electron chi connectivity index (χ1n) is 7.70. The second-order valence-corrected chi connectivity index (χ2v) is 5.33. The van der Waals surface area contributed by atoms with Gasteiger partial charge in [-0.1, -0.05) is 36.8 Å². The van der Waals surface area contributed by atoms with Gasteiger partial charge in [0.2, 0.25) is 0 Å². The predicted molar refractivity (Wildman–Crippen MR) is 89.8 cm³/mol. The Bertz CT molecular complexity index is 458. The number of benzene rings is 1. The number of guanidine groups is 1. The number of hydrogen-bond donors (Lipinski definition) is 1. The van der Waals surface area contributed by atoms with Gasteiger partial charge in [0.05, 0.1) is 13.7 Å².